The van der Waals surface area contributed by atoms with Gasteiger partial charge >= 0.3 is 6.03 Å². The normalized spacial score (nSPS) is 11.4. The van der Waals surface area contributed by atoms with Crippen molar-refractivity contribution in [1.29, 1.82) is 0 Å². The van der Waals surface area contributed by atoms with Crippen molar-refractivity contribution >= 4 is 17.6 Å². The molecule has 0 spiro atoms. The molecule has 0 unspecified atom stereocenters. The molecule has 1 atom stereocenters. The topological polar surface area (TPSA) is 79.5 Å². The second-order valence-electron chi connectivity index (χ2n) is 4.42. The summed E-state index contributed by atoms with van der Waals surface area (Å²) < 4.78 is 5.23. The van der Waals surface area contributed by atoms with E-state index in [4.69, 9.17) is 4.74 Å². The molecule has 1 rings (SSSR count). The standard InChI is InChI=1S/C14H21N3O3/c1-5-15-14(19)17-13(18)10(3)16-11-8-9(2)6-7-12(11)20-4/h6-8,10,16H,5H2,1-4H3,(H2,15,17,18,19)/t10-/m1/s1. The average Bonchev–Trinajstić information content (AvgIpc) is 2.39. The molecule has 110 valence electrons. The number of urea groups is 1. The van der Waals surface area contributed by atoms with Gasteiger partial charge in [-0.05, 0) is 38.5 Å². The molecule has 0 fully saturated rings. The summed E-state index contributed by atoms with van der Waals surface area (Å²) in [6, 6.07) is 4.57. The Morgan fingerprint density at radius 2 is 2.05 bits per heavy atom. The molecule has 0 saturated heterocycles. The summed E-state index contributed by atoms with van der Waals surface area (Å²) in [5, 5.41) is 7.80. The Kier molecular flexibility index (Phi) is 5.83. The van der Waals surface area contributed by atoms with Crippen molar-refractivity contribution in [1.82, 2.24) is 10.6 Å². The summed E-state index contributed by atoms with van der Waals surface area (Å²) >= 11 is 0. The largest absolute Gasteiger partial charge is 0.495 e. The van der Waals surface area contributed by atoms with Gasteiger partial charge in [-0.25, -0.2) is 4.79 Å². The van der Waals surface area contributed by atoms with Crippen molar-refractivity contribution in [2.45, 2.75) is 26.8 Å². The Morgan fingerprint density at radius 3 is 2.65 bits per heavy atom. The van der Waals surface area contributed by atoms with Crippen molar-refractivity contribution < 1.29 is 14.3 Å². The molecular weight excluding hydrogens is 258 g/mol. The Labute approximate surface area is 118 Å². The molecule has 1 aromatic rings. The highest BCUT2D eigenvalue weighted by atomic mass is 16.5. The van der Waals surface area contributed by atoms with E-state index in [0.717, 1.165) is 5.56 Å². The molecule has 0 saturated carbocycles. The summed E-state index contributed by atoms with van der Waals surface area (Å²) in [5.41, 5.74) is 1.76. The number of nitrogens with one attached hydrogen (secondary N) is 3. The Bertz CT molecular complexity index is 489. The number of imide groups is 1. The maximum absolute atomic E-state index is 11.8. The van der Waals surface area contributed by atoms with Crippen LogP contribution in [0.3, 0.4) is 0 Å². The summed E-state index contributed by atoms with van der Waals surface area (Å²) in [7, 11) is 1.56. The minimum atomic E-state index is -0.562. The number of amides is 3. The highest BCUT2D eigenvalue weighted by molar-refractivity contribution is 5.98. The Morgan fingerprint density at radius 1 is 1.35 bits per heavy atom. The zero-order valence-electron chi connectivity index (χ0n) is 12.2. The number of anilines is 1. The van der Waals surface area contributed by atoms with Gasteiger partial charge in [-0.3, -0.25) is 10.1 Å². The van der Waals surface area contributed by atoms with Gasteiger partial charge in [0.05, 0.1) is 12.8 Å². The molecule has 6 nitrogen and oxygen atoms in total. The van der Waals surface area contributed by atoms with Crippen molar-refractivity contribution in [3.63, 3.8) is 0 Å². The fourth-order valence-corrected chi connectivity index (χ4v) is 1.66. The van der Waals surface area contributed by atoms with Crippen molar-refractivity contribution in [2.24, 2.45) is 0 Å². The van der Waals surface area contributed by atoms with Crippen LogP contribution in [0.1, 0.15) is 19.4 Å². The zero-order chi connectivity index (χ0) is 15.1. The summed E-state index contributed by atoms with van der Waals surface area (Å²) in [4.78, 5) is 23.1. The summed E-state index contributed by atoms with van der Waals surface area (Å²) in [6.45, 7) is 5.87. The minimum absolute atomic E-state index is 0.403. The first-order valence-corrected chi connectivity index (χ1v) is 6.47. The van der Waals surface area contributed by atoms with Gasteiger partial charge < -0.3 is 15.4 Å². The van der Waals surface area contributed by atoms with Crippen LogP contribution in [-0.4, -0.2) is 31.6 Å². The lowest BCUT2D eigenvalue weighted by molar-refractivity contribution is -0.120. The number of rotatable bonds is 5. The Hall–Kier alpha value is -2.24. The van der Waals surface area contributed by atoms with E-state index in [9.17, 15) is 9.59 Å². The third-order valence-corrected chi connectivity index (χ3v) is 2.69. The van der Waals surface area contributed by atoms with E-state index in [0.29, 0.717) is 18.0 Å². The van der Waals surface area contributed by atoms with Gasteiger partial charge in [-0.1, -0.05) is 6.07 Å². The smallest absolute Gasteiger partial charge is 0.321 e. The number of carbonyl (C=O) groups excluding carboxylic acids is 2. The monoisotopic (exact) mass is 279 g/mol. The first kappa shape index (κ1) is 15.8. The van der Waals surface area contributed by atoms with Gasteiger partial charge in [0.2, 0.25) is 5.91 Å². The van der Waals surface area contributed by atoms with Crippen LogP contribution in [0.4, 0.5) is 10.5 Å². The molecule has 0 heterocycles. The molecule has 3 amide bonds. The highest BCUT2D eigenvalue weighted by Gasteiger charge is 2.16. The zero-order valence-corrected chi connectivity index (χ0v) is 12.2. The highest BCUT2D eigenvalue weighted by Crippen LogP contribution is 2.25. The van der Waals surface area contributed by atoms with E-state index in [-0.39, 0.29) is 0 Å². The third kappa shape index (κ3) is 4.46. The lowest BCUT2D eigenvalue weighted by Crippen LogP contribution is -2.45. The number of hydrogen-bond donors (Lipinski definition) is 3. The van der Waals surface area contributed by atoms with Gasteiger partial charge in [-0.15, -0.1) is 0 Å². The number of ether oxygens (including phenoxy) is 1. The van der Waals surface area contributed by atoms with Gasteiger partial charge in [0.15, 0.2) is 0 Å². The van der Waals surface area contributed by atoms with E-state index < -0.39 is 18.0 Å². The maximum Gasteiger partial charge on any atom is 0.321 e. The molecule has 0 aliphatic carbocycles. The lowest BCUT2D eigenvalue weighted by Gasteiger charge is -2.17. The molecule has 3 N–H and O–H groups in total. The number of benzene rings is 1. The second kappa shape index (κ2) is 7.37. The minimum Gasteiger partial charge on any atom is -0.495 e. The van der Waals surface area contributed by atoms with E-state index in [2.05, 4.69) is 16.0 Å². The molecule has 0 bridgehead atoms. The number of carbonyl (C=O) groups is 2. The second-order valence-corrected chi connectivity index (χ2v) is 4.42. The lowest BCUT2D eigenvalue weighted by atomic mass is 10.2. The molecule has 20 heavy (non-hydrogen) atoms. The van der Waals surface area contributed by atoms with Crippen LogP contribution in [0.25, 0.3) is 0 Å². The molecule has 0 aliphatic rings. The predicted molar refractivity (Wildman–Crippen MR) is 78.0 cm³/mol. The van der Waals surface area contributed by atoms with Crippen LogP contribution in [0, 0.1) is 6.92 Å². The van der Waals surface area contributed by atoms with Crippen LogP contribution in [0.2, 0.25) is 0 Å². The van der Waals surface area contributed by atoms with E-state index in [1.165, 1.54) is 0 Å². The summed E-state index contributed by atoms with van der Waals surface area (Å²) in [5.74, 6) is 0.243. The van der Waals surface area contributed by atoms with Crippen molar-refractivity contribution in [2.75, 3.05) is 19.0 Å². The average molecular weight is 279 g/mol. The molecule has 0 aliphatic heterocycles. The van der Waals surface area contributed by atoms with Gasteiger partial charge in [0.1, 0.15) is 11.8 Å². The predicted octanol–water partition coefficient (Wildman–Crippen LogP) is 1.65. The molecule has 6 heteroatoms. The van der Waals surface area contributed by atoms with Gasteiger partial charge in [-0.2, -0.15) is 0 Å². The van der Waals surface area contributed by atoms with Crippen LogP contribution in [0.5, 0.6) is 5.75 Å². The van der Waals surface area contributed by atoms with Crippen LogP contribution in [-0.2, 0) is 4.79 Å². The van der Waals surface area contributed by atoms with E-state index in [1.807, 2.05) is 25.1 Å². The van der Waals surface area contributed by atoms with Crippen molar-refractivity contribution in [3.05, 3.63) is 23.8 Å². The van der Waals surface area contributed by atoms with Crippen LogP contribution >= 0.6 is 0 Å². The van der Waals surface area contributed by atoms with Gasteiger partial charge in [0.25, 0.3) is 0 Å². The number of aryl methyl sites for hydroxylation is 1. The first-order valence-electron chi connectivity index (χ1n) is 6.47. The molecule has 0 aromatic heterocycles. The third-order valence-electron chi connectivity index (χ3n) is 2.69. The van der Waals surface area contributed by atoms with Crippen LogP contribution < -0.4 is 20.7 Å². The van der Waals surface area contributed by atoms with E-state index in [1.54, 1.807) is 21.0 Å². The van der Waals surface area contributed by atoms with Crippen molar-refractivity contribution in [3.8, 4) is 5.75 Å². The first-order chi connectivity index (χ1) is 9.47. The summed E-state index contributed by atoms with van der Waals surface area (Å²) in [6.07, 6.45) is 0. The molecule has 0 radical (unpaired) electrons. The number of methoxy groups -OCH3 is 1. The maximum atomic E-state index is 11.8. The van der Waals surface area contributed by atoms with Crippen LogP contribution in [0.15, 0.2) is 18.2 Å². The molecular formula is C14H21N3O3. The van der Waals surface area contributed by atoms with E-state index >= 15 is 0 Å². The van der Waals surface area contributed by atoms with Gasteiger partial charge in [0, 0.05) is 6.54 Å². The Balaban J connectivity index is 2.70. The quantitative estimate of drug-likeness (QED) is 0.765. The fraction of sp³-hybridized carbons (Fsp3) is 0.429. The molecule has 1 aromatic carbocycles. The fourth-order valence-electron chi connectivity index (χ4n) is 1.66. The number of hydrogen-bond acceptors (Lipinski definition) is 4. The SMILES string of the molecule is CCNC(=O)NC(=O)[C@@H](C)Nc1cc(C)ccc1OC.